The lowest BCUT2D eigenvalue weighted by Gasteiger charge is -2.35. The molecule has 3 fully saturated rings. The molecule has 1 aromatic rings. The Hall–Kier alpha value is -1.55. The predicted octanol–water partition coefficient (Wildman–Crippen LogP) is 2.68. The van der Waals surface area contributed by atoms with Crippen LogP contribution in [0.3, 0.4) is 0 Å². The minimum atomic E-state index is 0.339. The van der Waals surface area contributed by atoms with Gasteiger partial charge in [-0.25, -0.2) is 0 Å². The Labute approximate surface area is 156 Å². The van der Waals surface area contributed by atoms with Crippen LogP contribution in [0, 0.1) is 17.3 Å². The van der Waals surface area contributed by atoms with Gasteiger partial charge in [-0.05, 0) is 74.6 Å². The lowest BCUT2D eigenvalue weighted by Crippen LogP contribution is -2.43. The lowest BCUT2D eigenvalue weighted by atomic mass is 9.91. The number of hydrogen-bond donors (Lipinski definition) is 1. The van der Waals surface area contributed by atoms with E-state index in [0.29, 0.717) is 17.2 Å². The van der Waals surface area contributed by atoms with Gasteiger partial charge in [0, 0.05) is 37.8 Å². The number of benzene rings is 1. The van der Waals surface area contributed by atoms with Gasteiger partial charge in [-0.15, -0.1) is 0 Å². The Balaban J connectivity index is 1.13. The number of piperidine rings is 2. The van der Waals surface area contributed by atoms with Crippen LogP contribution in [0.5, 0.6) is 0 Å². The van der Waals surface area contributed by atoms with Gasteiger partial charge in [-0.1, -0.05) is 18.2 Å². The van der Waals surface area contributed by atoms with Crippen molar-refractivity contribution in [2.75, 3.05) is 44.2 Å². The van der Waals surface area contributed by atoms with Crippen molar-refractivity contribution >= 4 is 11.6 Å². The van der Waals surface area contributed by atoms with Crippen molar-refractivity contribution in [1.82, 2.24) is 10.2 Å². The Bertz CT molecular complexity index is 674. The fourth-order valence-electron chi connectivity index (χ4n) is 5.64. The Kier molecular flexibility index (Phi) is 4.19. The quantitative estimate of drug-likeness (QED) is 0.907. The van der Waals surface area contributed by atoms with Gasteiger partial charge in [0.1, 0.15) is 0 Å². The second kappa shape index (κ2) is 6.56. The molecule has 4 heteroatoms. The van der Waals surface area contributed by atoms with Gasteiger partial charge >= 0.3 is 0 Å². The minimum Gasteiger partial charge on any atom is -0.371 e. The molecule has 3 aliphatic heterocycles. The van der Waals surface area contributed by atoms with Crippen LogP contribution in [0.1, 0.15) is 37.7 Å². The summed E-state index contributed by atoms with van der Waals surface area (Å²) in [6.07, 6.45) is 7.09. The molecular formula is C22H31N3O. The Morgan fingerprint density at radius 1 is 1.12 bits per heavy atom. The largest absolute Gasteiger partial charge is 0.371 e. The van der Waals surface area contributed by atoms with E-state index in [9.17, 15) is 4.79 Å². The average Bonchev–Trinajstić information content (AvgIpc) is 3.22. The third-order valence-electron chi connectivity index (χ3n) is 7.48. The van der Waals surface area contributed by atoms with Crippen LogP contribution in [0.25, 0.3) is 0 Å². The summed E-state index contributed by atoms with van der Waals surface area (Å²) in [6.45, 7) is 6.48. The summed E-state index contributed by atoms with van der Waals surface area (Å²) in [6, 6.07) is 8.85. The topological polar surface area (TPSA) is 35.6 Å². The Morgan fingerprint density at radius 2 is 1.88 bits per heavy atom. The SMILES string of the molecule is O=C(C1CC12CCNCC2)N1CCC(CN2CCc3ccccc32)CC1. The van der Waals surface area contributed by atoms with Crippen molar-refractivity contribution in [3.8, 4) is 0 Å². The van der Waals surface area contributed by atoms with E-state index in [0.717, 1.165) is 51.6 Å². The first kappa shape index (κ1) is 16.6. The lowest BCUT2D eigenvalue weighted by molar-refractivity contribution is -0.135. The van der Waals surface area contributed by atoms with Gasteiger partial charge in [0.25, 0.3) is 0 Å². The van der Waals surface area contributed by atoms with Crippen LogP contribution in [0.4, 0.5) is 5.69 Å². The maximum atomic E-state index is 12.9. The second-order valence-electron chi connectivity index (χ2n) is 8.96. The van der Waals surface area contributed by atoms with Gasteiger partial charge in [0.15, 0.2) is 0 Å². The highest BCUT2D eigenvalue weighted by Crippen LogP contribution is 2.59. The van der Waals surface area contributed by atoms with Crippen LogP contribution in [0.15, 0.2) is 24.3 Å². The highest BCUT2D eigenvalue weighted by atomic mass is 16.2. The van der Waals surface area contributed by atoms with Crippen molar-refractivity contribution < 1.29 is 4.79 Å². The molecule has 140 valence electrons. The zero-order valence-corrected chi connectivity index (χ0v) is 15.8. The van der Waals surface area contributed by atoms with E-state index < -0.39 is 0 Å². The fourth-order valence-corrected chi connectivity index (χ4v) is 5.64. The summed E-state index contributed by atoms with van der Waals surface area (Å²) in [5, 5.41) is 3.44. The third-order valence-corrected chi connectivity index (χ3v) is 7.48. The first-order valence-corrected chi connectivity index (χ1v) is 10.6. The van der Waals surface area contributed by atoms with Crippen molar-refractivity contribution in [2.24, 2.45) is 17.3 Å². The summed E-state index contributed by atoms with van der Waals surface area (Å²) < 4.78 is 0. The molecule has 3 heterocycles. The number of amides is 1. The molecule has 4 aliphatic rings. The molecule has 1 atom stereocenters. The number of carbonyl (C=O) groups excluding carboxylic acids is 1. The molecule has 2 saturated heterocycles. The molecule has 1 unspecified atom stereocenters. The predicted molar refractivity (Wildman–Crippen MR) is 104 cm³/mol. The highest BCUT2D eigenvalue weighted by molar-refractivity contribution is 5.82. The summed E-state index contributed by atoms with van der Waals surface area (Å²) in [5.41, 5.74) is 3.32. The van der Waals surface area contributed by atoms with Crippen LogP contribution in [0.2, 0.25) is 0 Å². The van der Waals surface area contributed by atoms with E-state index in [2.05, 4.69) is 39.4 Å². The number of carbonyl (C=O) groups is 1. The molecule has 0 bridgehead atoms. The number of rotatable bonds is 3. The van der Waals surface area contributed by atoms with Gasteiger partial charge in [-0.3, -0.25) is 4.79 Å². The average molecular weight is 354 g/mol. The van der Waals surface area contributed by atoms with E-state index in [1.807, 2.05) is 0 Å². The highest BCUT2D eigenvalue weighted by Gasteiger charge is 2.58. The Morgan fingerprint density at radius 3 is 2.69 bits per heavy atom. The number of anilines is 1. The number of nitrogens with one attached hydrogen (secondary N) is 1. The van der Waals surface area contributed by atoms with Crippen molar-refractivity contribution in [3.05, 3.63) is 29.8 Å². The van der Waals surface area contributed by atoms with Crippen LogP contribution in [-0.2, 0) is 11.2 Å². The monoisotopic (exact) mass is 353 g/mol. The fraction of sp³-hybridized carbons (Fsp3) is 0.682. The van der Waals surface area contributed by atoms with Gasteiger partial charge in [0.05, 0.1) is 0 Å². The van der Waals surface area contributed by atoms with E-state index in [1.165, 1.54) is 43.4 Å². The van der Waals surface area contributed by atoms with Gasteiger partial charge in [-0.2, -0.15) is 0 Å². The normalized spacial score (nSPS) is 27.6. The maximum absolute atomic E-state index is 12.9. The first-order valence-electron chi connectivity index (χ1n) is 10.6. The standard InChI is InChI=1S/C22H31N3O/c26-21(19-15-22(19)8-10-23-11-9-22)24-12-5-17(6-13-24)16-25-14-7-18-3-1-2-4-20(18)25/h1-4,17,19,23H,5-16H2. The van der Waals surface area contributed by atoms with Crippen LogP contribution < -0.4 is 10.2 Å². The zero-order valence-electron chi connectivity index (χ0n) is 15.8. The second-order valence-corrected chi connectivity index (χ2v) is 8.96. The molecule has 0 radical (unpaired) electrons. The molecule has 1 aromatic carbocycles. The van der Waals surface area contributed by atoms with Crippen molar-refractivity contribution in [2.45, 2.75) is 38.5 Å². The van der Waals surface area contributed by atoms with Crippen LogP contribution in [-0.4, -0.2) is 50.1 Å². The van der Waals surface area contributed by atoms with Crippen LogP contribution >= 0.6 is 0 Å². The molecule has 5 rings (SSSR count). The molecular weight excluding hydrogens is 322 g/mol. The summed E-state index contributed by atoms with van der Waals surface area (Å²) in [7, 11) is 0. The first-order chi connectivity index (χ1) is 12.8. The molecule has 1 saturated carbocycles. The summed E-state index contributed by atoms with van der Waals surface area (Å²) in [4.78, 5) is 17.7. The van der Waals surface area contributed by atoms with E-state index in [1.54, 1.807) is 0 Å². The number of nitrogens with zero attached hydrogens (tertiary/aromatic N) is 2. The van der Waals surface area contributed by atoms with E-state index >= 15 is 0 Å². The minimum absolute atomic E-state index is 0.339. The molecule has 0 aromatic heterocycles. The molecule has 1 aliphatic carbocycles. The molecule has 4 nitrogen and oxygen atoms in total. The summed E-state index contributed by atoms with van der Waals surface area (Å²) >= 11 is 0. The third kappa shape index (κ3) is 2.92. The summed E-state index contributed by atoms with van der Waals surface area (Å²) in [5.74, 6) is 1.54. The van der Waals surface area contributed by atoms with Crippen molar-refractivity contribution in [3.63, 3.8) is 0 Å². The van der Waals surface area contributed by atoms with E-state index in [4.69, 9.17) is 0 Å². The number of hydrogen-bond acceptors (Lipinski definition) is 3. The molecule has 1 spiro atoms. The zero-order chi connectivity index (χ0) is 17.6. The molecule has 1 N–H and O–H groups in total. The maximum Gasteiger partial charge on any atom is 0.226 e. The van der Waals surface area contributed by atoms with E-state index in [-0.39, 0.29) is 0 Å². The number of para-hydroxylation sites is 1. The molecule has 26 heavy (non-hydrogen) atoms. The van der Waals surface area contributed by atoms with Gasteiger partial charge < -0.3 is 15.1 Å². The van der Waals surface area contributed by atoms with Crippen molar-refractivity contribution in [1.29, 1.82) is 0 Å². The number of likely N-dealkylation sites (tertiary alicyclic amines) is 1. The smallest absolute Gasteiger partial charge is 0.226 e. The van der Waals surface area contributed by atoms with Gasteiger partial charge in [0.2, 0.25) is 5.91 Å². The number of fused-ring (bicyclic) bond motifs is 1. The molecule has 1 amide bonds.